The molecular formula is C55H106N2O6P+. The molecule has 0 fully saturated rings. The Hall–Kier alpha value is -1.54. The molecule has 0 aliphatic rings. The Morgan fingerprint density at radius 1 is 0.516 bits per heavy atom. The molecule has 0 rings (SSSR count). The molecule has 0 heterocycles. The summed E-state index contributed by atoms with van der Waals surface area (Å²) in [5, 5.41) is 13.8. The van der Waals surface area contributed by atoms with E-state index in [1.807, 2.05) is 27.2 Å². The predicted octanol–water partition coefficient (Wildman–Crippen LogP) is 16.0. The number of hydrogen-bond acceptors (Lipinski definition) is 5. The minimum absolute atomic E-state index is 0.0531. The topological polar surface area (TPSA) is 105 Å². The van der Waals surface area contributed by atoms with Gasteiger partial charge in [-0.25, -0.2) is 4.57 Å². The predicted molar refractivity (Wildman–Crippen MR) is 277 cm³/mol. The van der Waals surface area contributed by atoms with Gasteiger partial charge >= 0.3 is 7.82 Å². The lowest BCUT2D eigenvalue weighted by atomic mass is 10.0. The standard InChI is InChI=1S/C55H105N2O6P/c1-6-8-10-12-14-16-18-20-21-22-23-24-25-26-27-28-29-30-31-32-33-34-35-37-39-41-43-45-47-49-55(59)56-53(52-63-64(60,61)62-51-50-57(3,4)5)54(58)48-46-44-42-40-38-36-19-17-15-13-11-9-7-2/h15,17,26-27,38,40,46,48,53-54,58H,6-14,16,18-25,28-37,39,41-45,47,49-52H2,1-5H3,(H-,56,59,60,61)/p+1/b17-15+,27-26-,40-38+,48-46+. The van der Waals surface area contributed by atoms with Gasteiger partial charge in [0.1, 0.15) is 13.2 Å². The van der Waals surface area contributed by atoms with Crippen LogP contribution in [0.1, 0.15) is 245 Å². The molecule has 3 N–H and O–H groups in total. The van der Waals surface area contributed by atoms with Crippen LogP contribution >= 0.6 is 7.82 Å². The van der Waals surface area contributed by atoms with E-state index in [4.69, 9.17) is 9.05 Å². The zero-order valence-electron chi connectivity index (χ0n) is 42.8. The third kappa shape index (κ3) is 48.4. The van der Waals surface area contributed by atoms with Crippen molar-refractivity contribution in [3.05, 3.63) is 48.6 Å². The number of nitrogens with one attached hydrogen (secondary N) is 1. The second-order valence-electron chi connectivity index (χ2n) is 19.6. The molecule has 0 saturated carbocycles. The van der Waals surface area contributed by atoms with Gasteiger partial charge in [0.05, 0.1) is 39.9 Å². The lowest BCUT2D eigenvalue weighted by Gasteiger charge is -2.25. The highest BCUT2D eigenvalue weighted by Crippen LogP contribution is 2.43. The first-order valence-electron chi connectivity index (χ1n) is 27.0. The molecule has 0 aromatic rings. The van der Waals surface area contributed by atoms with Crippen molar-refractivity contribution in [1.29, 1.82) is 0 Å². The molecule has 64 heavy (non-hydrogen) atoms. The fourth-order valence-electron chi connectivity index (χ4n) is 7.72. The van der Waals surface area contributed by atoms with E-state index in [0.29, 0.717) is 17.4 Å². The SMILES string of the molecule is CCCCC/C=C/CC/C=C/CC/C=C/C(O)C(COP(=O)(O)OCC[N+](C)(C)C)NC(=O)CCCCCCCCCCCCCCC/C=C\CCCCCCCCCCCCCC. The number of amides is 1. The van der Waals surface area contributed by atoms with Gasteiger partial charge in [0.25, 0.3) is 0 Å². The van der Waals surface area contributed by atoms with E-state index in [-0.39, 0.29) is 19.1 Å². The molecule has 0 aliphatic heterocycles. The Labute approximate surface area is 397 Å². The second-order valence-corrected chi connectivity index (χ2v) is 21.0. The van der Waals surface area contributed by atoms with Gasteiger partial charge in [-0.2, -0.15) is 0 Å². The van der Waals surface area contributed by atoms with Crippen molar-refractivity contribution in [1.82, 2.24) is 5.32 Å². The largest absolute Gasteiger partial charge is 0.472 e. The lowest BCUT2D eigenvalue weighted by molar-refractivity contribution is -0.870. The minimum Gasteiger partial charge on any atom is -0.387 e. The fraction of sp³-hybridized carbons (Fsp3) is 0.836. The zero-order chi connectivity index (χ0) is 47.1. The molecule has 3 unspecified atom stereocenters. The number of nitrogens with zero attached hydrogens (tertiary/aromatic N) is 1. The first-order chi connectivity index (χ1) is 31.0. The molecule has 8 nitrogen and oxygen atoms in total. The number of aliphatic hydroxyl groups excluding tert-OH is 1. The van der Waals surface area contributed by atoms with Crippen LogP contribution < -0.4 is 5.32 Å². The fourth-order valence-corrected chi connectivity index (χ4v) is 8.45. The van der Waals surface area contributed by atoms with E-state index in [9.17, 15) is 19.4 Å². The first-order valence-corrected chi connectivity index (χ1v) is 28.5. The number of unbranched alkanes of at least 4 members (excludes halogenated alkanes) is 30. The number of phosphoric acid groups is 1. The molecular weight excluding hydrogens is 816 g/mol. The highest BCUT2D eigenvalue weighted by atomic mass is 31.2. The van der Waals surface area contributed by atoms with Crippen LogP contribution in [0.25, 0.3) is 0 Å². The summed E-state index contributed by atoms with van der Waals surface area (Å²) in [4.78, 5) is 23.2. The van der Waals surface area contributed by atoms with Crippen LogP contribution in [0.15, 0.2) is 48.6 Å². The monoisotopic (exact) mass is 922 g/mol. The summed E-state index contributed by atoms with van der Waals surface area (Å²) >= 11 is 0. The van der Waals surface area contributed by atoms with Crippen LogP contribution in [0.3, 0.4) is 0 Å². The second kappa shape index (κ2) is 46.6. The highest BCUT2D eigenvalue weighted by molar-refractivity contribution is 7.47. The third-order valence-corrected chi connectivity index (χ3v) is 13.0. The van der Waals surface area contributed by atoms with Gasteiger partial charge in [-0.3, -0.25) is 13.8 Å². The van der Waals surface area contributed by atoms with Crippen LogP contribution in [0, 0.1) is 0 Å². The van der Waals surface area contributed by atoms with E-state index in [1.165, 1.54) is 173 Å². The summed E-state index contributed by atoms with van der Waals surface area (Å²) < 4.78 is 23.6. The number of rotatable bonds is 49. The van der Waals surface area contributed by atoms with Gasteiger partial charge < -0.3 is 19.8 Å². The number of carbonyl (C=O) groups excluding carboxylic acids is 1. The number of quaternary nitrogens is 1. The maximum atomic E-state index is 12.9. The highest BCUT2D eigenvalue weighted by Gasteiger charge is 2.27. The summed E-state index contributed by atoms with van der Waals surface area (Å²) in [5.41, 5.74) is 0. The first kappa shape index (κ1) is 62.5. The number of hydrogen-bond donors (Lipinski definition) is 3. The Bertz CT molecular complexity index is 1180. The van der Waals surface area contributed by atoms with Gasteiger partial charge in [-0.1, -0.05) is 217 Å². The Morgan fingerprint density at radius 3 is 1.28 bits per heavy atom. The van der Waals surface area contributed by atoms with E-state index < -0.39 is 20.0 Å². The third-order valence-electron chi connectivity index (χ3n) is 12.0. The van der Waals surface area contributed by atoms with Crippen LogP contribution in [0.5, 0.6) is 0 Å². The molecule has 0 aliphatic carbocycles. The summed E-state index contributed by atoms with van der Waals surface area (Å²) in [6, 6.07) is -0.869. The maximum Gasteiger partial charge on any atom is 0.472 e. The van der Waals surface area contributed by atoms with E-state index in [1.54, 1.807) is 6.08 Å². The quantitative estimate of drug-likeness (QED) is 0.0243. The molecule has 1 amide bonds. The van der Waals surface area contributed by atoms with Crippen molar-refractivity contribution in [2.45, 2.75) is 257 Å². The van der Waals surface area contributed by atoms with Gasteiger partial charge in [-0.15, -0.1) is 0 Å². The van der Waals surface area contributed by atoms with Gasteiger partial charge in [-0.05, 0) is 70.6 Å². The summed E-state index contributed by atoms with van der Waals surface area (Å²) in [7, 11) is 1.55. The number of allylic oxidation sites excluding steroid dienone is 7. The van der Waals surface area contributed by atoms with Crippen molar-refractivity contribution < 1.29 is 32.9 Å². The number of likely N-dealkylation sites (N-methyl/N-ethyl adjacent to an activating group) is 1. The van der Waals surface area contributed by atoms with Crippen LogP contribution in [0.2, 0.25) is 0 Å². The van der Waals surface area contributed by atoms with Gasteiger partial charge in [0.2, 0.25) is 5.91 Å². The Morgan fingerprint density at radius 2 is 0.859 bits per heavy atom. The molecule has 0 spiro atoms. The van der Waals surface area contributed by atoms with Crippen molar-refractivity contribution in [3.63, 3.8) is 0 Å². The normalized spacial score (nSPS) is 14.4. The average molecular weight is 922 g/mol. The van der Waals surface area contributed by atoms with Crippen LogP contribution in [-0.2, 0) is 18.4 Å². The molecule has 0 saturated heterocycles. The lowest BCUT2D eigenvalue weighted by Crippen LogP contribution is -2.45. The summed E-state index contributed by atoms with van der Waals surface area (Å²) in [6.45, 7) is 4.76. The molecule has 3 atom stereocenters. The Kier molecular flexibility index (Phi) is 45.4. The minimum atomic E-state index is -4.35. The van der Waals surface area contributed by atoms with Gasteiger partial charge in [0, 0.05) is 6.42 Å². The average Bonchev–Trinajstić information content (AvgIpc) is 3.25. The Balaban J connectivity index is 4.13. The summed E-state index contributed by atoms with van der Waals surface area (Å²) in [5.74, 6) is -0.191. The van der Waals surface area contributed by atoms with E-state index in [0.717, 1.165) is 51.4 Å². The number of phosphoric ester groups is 1. The smallest absolute Gasteiger partial charge is 0.387 e. The molecule has 0 radical (unpaired) electrons. The number of carbonyl (C=O) groups is 1. The van der Waals surface area contributed by atoms with Crippen molar-refractivity contribution >= 4 is 13.7 Å². The van der Waals surface area contributed by atoms with Crippen molar-refractivity contribution in [2.75, 3.05) is 40.9 Å². The molecule has 0 aromatic heterocycles. The number of aliphatic hydroxyl groups is 1. The molecule has 9 heteroatoms. The molecule has 0 bridgehead atoms. The van der Waals surface area contributed by atoms with Gasteiger partial charge in [0.15, 0.2) is 0 Å². The molecule has 376 valence electrons. The van der Waals surface area contributed by atoms with Crippen molar-refractivity contribution in [3.8, 4) is 0 Å². The maximum absolute atomic E-state index is 12.9. The van der Waals surface area contributed by atoms with E-state index >= 15 is 0 Å². The van der Waals surface area contributed by atoms with Crippen molar-refractivity contribution in [2.24, 2.45) is 0 Å². The van der Waals surface area contributed by atoms with E-state index in [2.05, 4.69) is 55.6 Å². The van der Waals surface area contributed by atoms with Crippen LogP contribution in [-0.4, -0.2) is 73.4 Å². The zero-order valence-corrected chi connectivity index (χ0v) is 43.7. The van der Waals surface area contributed by atoms with Crippen LogP contribution in [0.4, 0.5) is 0 Å². The molecule has 0 aromatic carbocycles. The summed E-state index contributed by atoms with van der Waals surface area (Å²) in [6.07, 6.45) is 60.8.